The highest BCUT2D eigenvalue weighted by Crippen LogP contribution is 2.34. The van der Waals surface area contributed by atoms with Gasteiger partial charge in [-0.15, -0.1) is 0 Å². The molecule has 1 aliphatic rings. The molecule has 1 saturated heterocycles. The van der Waals surface area contributed by atoms with Crippen LogP contribution in [0.1, 0.15) is 40.0 Å². The molecule has 0 bridgehead atoms. The van der Waals surface area contributed by atoms with Crippen LogP contribution in [0.15, 0.2) is 42.5 Å². The van der Waals surface area contributed by atoms with Crippen molar-refractivity contribution in [2.45, 2.75) is 40.0 Å². The van der Waals surface area contributed by atoms with Crippen molar-refractivity contribution in [3.8, 4) is 23.1 Å². The van der Waals surface area contributed by atoms with Crippen LogP contribution < -0.4 is 24.8 Å². The van der Waals surface area contributed by atoms with Crippen LogP contribution in [0.25, 0.3) is 10.9 Å². The number of methoxy groups -OCH3 is 1. The molecule has 3 aromatic rings. The summed E-state index contributed by atoms with van der Waals surface area (Å²) in [6, 6.07) is 12.4. The molecule has 4 rings (SSSR count). The molecule has 0 unspecified atom stereocenters. The molecule has 1 fully saturated rings. The second kappa shape index (κ2) is 14.8. The third-order valence-electron chi connectivity index (χ3n) is 7.21. The number of anilines is 1. The number of hydrogen-bond donors (Lipinski definition) is 2. The fraction of sp³-hybridized carbons (Fsp3) is 0.500. The first kappa shape index (κ1) is 31.7. The van der Waals surface area contributed by atoms with Crippen molar-refractivity contribution in [3.05, 3.63) is 47.5 Å². The summed E-state index contributed by atoms with van der Waals surface area (Å²) in [6.45, 7) is 13.1. The van der Waals surface area contributed by atoms with Crippen LogP contribution >= 0.6 is 11.6 Å². The highest BCUT2D eigenvalue weighted by Gasteiger charge is 2.14. The smallest absolute Gasteiger partial charge is 0.319 e. The van der Waals surface area contributed by atoms with Crippen molar-refractivity contribution < 1.29 is 19.0 Å². The van der Waals surface area contributed by atoms with Crippen molar-refractivity contribution in [1.29, 1.82) is 0 Å². The maximum absolute atomic E-state index is 12.3. The van der Waals surface area contributed by atoms with Gasteiger partial charge in [0.25, 0.3) is 0 Å². The molecule has 0 aliphatic carbocycles. The molecule has 2 N–H and O–H groups in total. The van der Waals surface area contributed by atoms with E-state index in [0.29, 0.717) is 47.0 Å². The highest BCUT2D eigenvalue weighted by molar-refractivity contribution is 6.33. The largest absolute Gasteiger partial charge is 0.493 e. The van der Waals surface area contributed by atoms with Gasteiger partial charge in [-0.3, -0.25) is 0 Å². The molecule has 0 saturated carbocycles. The Hall–Kier alpha value is -3.27. The summed E-state index contributed by atoms with van der Waals surface area (Å²) in [4.78, 5) is 21.8. The normalized spacial score (nSPS) is 14.8. The summed E-state index contributed by atoms with van der Waals surface area (Å²) in [7, 11) is 3.83. The number of nitrogens with one attached hydrogen (secondary N) is 2. The molecule has 228 valence electrons. The van der Waals surface area contributed by atoms with E-state index in [0.717, 1.165) is 56.5 Å². The number of pyridine rings is 1. The van der Waals surface area contributed by atoms with E-state index in [9.17, 15) is 4.79 Å². The van der Waals surface area contributed by atoms with E-state index in [4.69, 9.17) is 25.8 Å². The molecule has 9 nitrogen and oxygen atoms in total. The first-order chi connectivity index (χ1) is 20.1. The maximum atomic E-state index is 12.3. The van der Waals surface area contributed by atoms with Crippen molar-refractivity contribution in [1.82, 2.24) is 20.1 Å². The molecule has 1 aromatic heterocycles. The van der Waals surface area contributed by atoms with E-state index in [-0.39, 0.29) is 11.4 Å². The van der Waals surface area contributed by atoms with Crippen LogP contribution in [-0.2, 0) is 0 Å². The van der Waals surface area contributed by atoms with Gasteiger partial charge >= 0.3 is 6.03 Å². The molecule has 2 aromatic carbocycles. The minimum Gasteiger partial charge on any atom is -0.493 e. The number of ether oxygens (including phenoxy) is 3. The Morgan fingerprint density at radius 2 is 1.88 bits per heavy atom. The average Bonchev–Trinajstić information content (AvgIpc) is 3.15. The second-order valence-corrected chi connectivity index (χ2v) is 12.4. The van der Waals surface area contributed by atoms with Gasteiger partial charge in [-0.05, 0) is 69.1 Å². The Labute approximate surface area is 254 Å². The minimum atomic E-state index is -0.297. The van der Waals surface area contributed by atoms with Gasteiger partial charge in [-0.1, -0.05) is 32.4 Å². The fourth-order valence-corrected chi connectivity index (χ4v) is 4.95. The lowest BCUT2D eigenvalue weighted by Crippen LogP contribution is -2.31. The third kappa shape index (κ3) is 9.64. The molecular weight excluding hydrogens is 554 g/mol. The molecular formula is C32H44ClN5O4. The van der Waals surface area contributed by atoms with Crippen molar-refractivity contribution >= 4 is 34.2 Å². The summed E-state index contributed by atoms with van der Waals surface area (Å²) >= 11 is 6.44. The van der Waals surface area contributed by atoms with Crippen LogP contribution in [-0.4, -0.2) is 80.8 Å². The lowest BCUT2D eigenvalue weighted by molar-refractivity contribution is 0.233. The quantitative estimate of drug-likeness (QED) is 0.239. The number of urea groups is 1. The van der Waals surface area contributed by atoms with Crippen molar-refractivity contribution in [2.75, 3.05) is 65.3 Å². The van der Waals surface area contributed by atoms with E-state index in [1.807, 2.05) is 18.2 Å². The Morgan fingerprint density at radius 1 is 1.05 bits per heavy atom. The minimum absolute atomic E-state index is 0.144. The number of rotatable bonds is 11. The number of fused-ring (bicyclic) bond motifs is 1. The van der Waals surface area contributed by atoms with Crippen LogP contribution in [0, 0.1) is 5.41 Å². The first-order valence-corrected chi connectivity index (χ1v) is 15.0. The average molecular weight is 598 g/mol. The van der Waals surface area contributed by atoms with Gasteiger partial charge in [-0.25, -0.2) is 9.78 Å². The number of carbonyl (C=O) groups is 1. The number of benzene rings is 2. The molecule has 1 aliphatic heterocycles. The van der Waals surface area contributed by atoms with Crippen LogP contribution in [0.2, 0.25) is 5.02 Å². The number of hydrogen-bond acceptors (Lipinski definition) is 7. The summed E-state index contributed by atoms with van der Waals surface area (Å²) in [5.74, 6) is 2.26. The summed E-state index contributed by atoms with van der Waals surface area (Å²) in [5.41, 5.74) is 1.38. The van der Waals surface area contributed by atoms with Crippen LogP contribution in [0.4, 0.5) is 10.5 Å². The number of nitrogens with zero attached hydrogens (tertiary/aromatic N) is 3. The van der Waals surface area contributed by atoms with Gasteiger partial charge in [0.1, 0.15) is 5.75 Å². The summed E-state index contributed by atoms with van der Waals surface area (Å²) in [6.07, 6.45) is 3.01. The maximum Gasteiger partial charge on any atom is 0.319 e. The van der Waals surface area contributed by atoms with Crippen molar-refractivity contribution in [2.24, 2.45) is 5.41 Å². The summed E-state index contributed by atoms with van der Waals surface area (Å²) in [5, 5.41) is 6.93. The lowest BCUT2D eigenvalue weighted by atomic mass is 9.92. The fourth-order valence-electron chi connectivity index (χ4n) is 4.73. The molecule has 0 atom stereocenters. The lowest BCUT2D eigenvalue weighted by Gasteiger charge is -2.20. The van der Waals surface area contributed by atoms with Crippen LogP contribution in [0.3, 0.4) is 0 Å². The van der Waals surface area contributed by atoms with Crippen LogP contribution in [0.5, 0.6) is 23.1 Å². The summed E-state index contributed by atoms with van der Waals surface area (Å²) < 4.78 is 17.7. The van der Waals surface area contributed by atoms with E-state index < -0.39 is 0 Å². The third-order valence-corrected chi connectivity index (χ3v) is 7.52. The van der Waals surface area contributed by atoms with Gasteiger partial charge in [-0.2, -0.15) is 0 Å². The van der Waals surface area contributed by atoms with E-state index in [1.165, 1.54) is 6.42 Å². The molecule has 0 radical (unpaired) electrons. The van der Waals surface area contributed by atoms with Gasteiger partial charge in [0, 0.05) is 49.8 Å². The van der Waals surface area contributed by atoms with Gasteiger partial charge < -0.3 is 34.6 Å². The Morgan fingerprint density at radius 3 is 2.64 bits per heavy atom. The Bertz CT molecular complexity index is 1350. The highest BCUT2D eigenvalue weighted by atomic mass is 35.5. The number of likely N-dealkylation sites (N-methyl/N-ethyl adjacent to an activating group) is 1. The predicted molar refractivity (Wildman–Crippen MR) is 170 cm³/mol. The van der Waals surface area contributed by atoms with E-state index in [2.05, 4.69) is 53.2 Å². The molecule has 2 heterocycles. The zero-order chi connectivity index (χ0) is 30.1. The van der Waals surface area contributed by atoms with Crippen molar-refractivity contribution in [3.63, 3.8) is 0 Å². The monoisotopic (exact) mass is 597 g/mol. The second-order valence-electron chi connectivity index (χ2n) is 12.0. The van der Waals surface area contributed by atoms with E-state index >= 15 is 0 Å². The number of amides is 2. The number of halogens is 1. The Kier molecular flexibility index (Phi) is 11.1. The molecule has 42 heavy (non-hydrogen) atoms. The van der Waals surface area contributed by atoms with Gasteiger partial charge in [0.05, 0.1) is 29.9 Å². The Balaban J connectivity index is 1.35. The molecule has 0 spiro atoms. The topological polar surface area (TPSA) is 88.2 Å². The zero-order valence-electron chi connectivity index (χ0n) is 25.5. The number of carbonyl (C=O) groups excluding carboxylic acids is 1. The van der Waals surface area contributed by atoms with E-state index in [1.54, 1.807) is 31.4 Å². The van der Waals surface area contributed by atoms with Gasteiger partial charge in [0.15, 0.2) is 11.5 Å². The molecule has 10 heteroatoms. The SMILES string of the molecule is COc1cc2ccc(Oc3ccc(NC(=O)NCCC(C)(C)C)c(Cl)c3)nc2cc1OCCCN1CCCN(C)CC1. The zero-order valence-corrected chi connectivity index (χ0v) is 26.2. The first-order valence-electron chi connectivity index (χ1n) is 14.6. The van der Waals surface area contributed by atoms with Gasteiger partial charge in [0.2, 0.25) is 5.88 Å². The predicted octanol–water partition coefficient (Wildman–Crippen LogP) is 6.65. The number of aromatic nitrogens is 1. The standard InChI is InChI=1S/C32H44ClN5O4/c1-32(2,3)12-13-34-31(39)36-26-10-9-24(21-25(26)33)42-30-11-8-23-20-28(40-5)29(22-27(23)35-30)41-19-7-16-38-15-6-14-37(4)17-18-38/h8-11,20-22H,6-7,12-19H2,1-5H3,(H2,34,36,39). The molecule has 2 amide bonds.